The highest BCUT2D eigenvalue weighted by Gasteiger charge is 2.09. The molecule has 88 valence electrons. The highest BCUT2D eigenvalue weighted by atomic mass is 16.5. The Bertz CT molecular complexity index is 664. The second-order valence-corrected chi connectivity index (χ2v) is 3.79. The first-order chi connectivity index (χ1) is 8.83. The van der Waals surface area contributed by atoms with Gasteiger partial charge >= 0.3 is 0 Å². The second-order valence-electron chi connectivity index (χ2n) is 3.79. The molecular weight excluding hydrogens is 228 g/mol. The summed E-state index contributed by atoms with van der Waals surface area (Å²) in [5.74, 6) is 0.997. The van der Waals surface area contributed by atoms with E-state index in [4.69, 9.17) is 4.52 Å². The fourth-order valence-corrected chi connectivity index (χ4v) is 1.65. The van der Waals surface area contributed by atoms with Gasteiger partial charge in [0.1, 0.15) is 12.0 Å². The van der Waals surface area contributed by atoms with Crippen LogP contribution in [0.15, 0.2) is 47.2 Å². The van der Waals surface area contributed by atoms with E-state index in [1.54, 1.807) is 6.92 Å². The lowest BCUT2D eigenvalue weighted by Crippen LogP contribution is -1.90. The number of aryl methyl sites for hydroxylation is 1. The van der Waals surface area contributed by atoms with Gasteiger partial charge in [0.05, 0.1) is 5.69 Å². The second kappa shape index (κ2) is 4.37. The van der Waals surface area contributed by atoms with Crippen LogP contribution in [0.5, 0.6) is 0 Å². The Morgan fingerprint density at radius 3 is 2.50 bits per heavy atom. The molecule has 0 fully saturated rings. The van der Waals surface area contributed by atoms with Gasteiger partial charge in [-0.1, -0.05) is 35.5 Å². The van der Waals surface area contributed by atoms with Gasteiger partial charge in [0.25, 0.3) is 0 Å². The zero-order chi connectivity index (χ0) is 12.4. The Hall–Kier alpha value is -2.56. The fourth-order valence-electron chi connectivity index (χ4n) is 1.65. The summed E-state index contributed by atoms with van der Waals surface area (Å²) >= 11 is 0. The third-order valence-electron chi connectivity index (χ3n) is 2.49. The molecular formula is C13H10N4O. The summed E-state index contributed by atoms with van der Waals surface area (Å²) in [6, 6.07) is 11.7. The number of nitrogens with zero attached hydrogens (tertiary/aromatic N) is 4. The first kappa shape index (κ1) is 10.6. The quantitative estimate of drug-likeness (QED) is 0.686. The number of hydrogen-bond donors (Lipinski definition) is 0. The van der Waals surface area contributed by atoms with E-state index in [0.717, 1.165) is 11.3 Å². The van der Waals surface area contributed by atoms with Crippen molar-refractivity contribution < 1.29 is 4.52 Å². The highest BCUT2D eigenvalue weighted by molar-refractivity contribution is 5.63. The number of benzene rings is 1. The number of rotatable bonds is 2. The normalized spacial score (nSPS) is 10.5. The lowest BCUT2D eigenvalue weighted by molar-refractivity contribution is 0.394. The monoisotopic (exact) mass is 238 g/mol. The minimum Gasteiger partial charge on any atom is -0.339 e. The molecule has 3 rings (SSSR count). The molecule has 0 N–H and O–H groups in total. The molecule has 1 aromatic carbocycles. The van der Waals surface area contributed by atoms with Crippen molar-refractivity contribution >= 4 is 0 Å². The topological polar surface area (TPSA) is 64.7 Å². The molecule has 0 radical (unpaired) electrons. The van der Waals surface area contributed by atoms with E-state index >= 15 is 0 Å². The van der Waals surface area contributed by atoms with Gasteiger partial charge in [-0.3, -0.25) is 0 Å². The molecule has 0 aliphatic carbocycles. The molecule has 0 atom stereocenters. The van der Waals surface area contributed by atoms with E-state index < -0.39 is 0 Å². The van der Waals surface area contributed by atoms with E-state index in [0.29, 0.717) is 17.4 Å². The maximum Gasteiger partial charge on any atom is 0.223 e. The van der Waals surface area contributed by atoms with E-state index in [-0.39, 0.29) is 0 Å². The molecule has 0 spiro atoms. The van der Waals surface area contributed by atoms with Gasteiger partial charge in [0, 0.05) is 12.5 Å². The molecule has 0 saturated carbocycles. The maximum atomic E-state index is 4.94. The molecule has 0 amide bonds. The van der Waals surface area contributed by atoms with Crippen molar-refractivity contribution in [2.75, 3.05) is 0 Å². The molecule has 2 heterocycles. The lowest BCUT2D eigenvalue weighted by Gasteiger charge is -2.00. The van der Waals surface area contributed by atoms with Gasteiger partial charge in [0.15, 0.2) is 0 Å². The minimum atomic E-state index is 0.479. The largest absolute Gasteiger partial charge is 0.339 e. The summed E-state index contributed by atoms with van der Waals surface area (Å²) in [5.41, 5.74) is 2.52. The summed E-state index contributed by atoms with van der Waals surface area (Å²) in [4.78, 5) is 12.5. The van der Waals surface area contributed by atoms with Crippen molar-refractivity contribution in [3.63, 3.8) is 0 Å². The first-order valence-electron chi connectivity index (χ1n) is 5.51. The van der Waals surface area contributed by atoms with Crippen LogP contribution < -0.4 is 0 Å². The Labute approximate surface area is 104 Å². The molecule has 5 nitrogen and oxygen atoms in total. The van der Waals surface area contributed by atoms with Crippen molar-refractivity contribution in [1.82, 2.24) is 20.1 Å². The van der Waals surface area contributed by atoms with Crippen LogP contribution in [0.2, 0.25) is 0 Å². The van der Waals surface area contributed by atoms with Crippen molar-refractivity contribution in [2.24, 2.45) is 0 Å². The molecule has 0 bridgehead atoms. The van der Waals surface area contributed by atoms with Gasteiger partial charge < -0.3 is 4.52 Å². The molecule has 3 aromatic rings. The summed E-state index contributed by atoms with van der Waals surface area (Å²) in [6.45, 7) is 1.75. The third-order valence-corrected chi connectivity index (χ3v) is 2.49. The van der Waals surface area contributed by atoms with E-state index in [1.165, 1.54) is 6.33 Å². The molecule has 5 heteroatoms. The summed E-state index contributed by atoms with van der Waals surface area (Å²) in [6.07, 6.45) is 1.50. The molecule has 0 aliphatic rings. The summed E-state index contributed by atoms with van der Waals surface area (Å²) in [5, 5.41) is 3.84. The first-order valence-corrected chi connectivity index (χ1v) is 5.51. The van der Waals surface area contributed by atoms with Crippen LogP contribution in [-0.4, -0.2) is 20.1 Å². The predicted octanol–water partition coefficient (Wildman–Crippen LogP) is 2.50. The van der Waals surface area contributed by atoms with Gasteiger partial charge in [-0.25, -0.2) is 9.97 Å². The van der Waals surface area contributed by atoms with Gasteiger partial charge in [-0.15, -0.1) is 0 Å². The van der Waals surface area contributed by atoms with E-state index in [9.17, 15) is 0 Å². The fraction of sp³-hybridized carbons (Fsp3) is 0.0769. The van der Waals surface area contributed by atoms with Crippen LogP contribution in [0.3, 0.4) is 0 Å². The molecule has 18 heavy (non-hydrogen) atoms. The summed E-state index contributed by atoms with van der Waals surface area (Å²) in [7, 11) is 0. The van der Waals surface area contributed by atoms with Crippen LogP contribution in [0, 0.1) is 6.92 Å². The van der Waals surface area contributed by atoms with Gasteiger partial charge in [0.2, 0.25) is 11.7 Å². The van der Waals surface area contributed by atoms with E-state index in [1.807, 2.05) is 36.4 Å². The van der Waals surface area contributed by atoms with Crippen LogP contribution >= 0.6 is 0 Å². The molecule has 0 unspecified atom stereocenters. The Kier molecular flexibility index (Phi) is 2.57. The molecule has 0 aliphatic heterocycles. The Morgan fingerprint density at radius 2 is 1.78 bits per heavy atom. The average Bonchev–Trinajstić information content (AvgIpc) is 2.87. The van der Waals surface area contributed by atoms with Gasteiger partial charge in [-0.05, 0) is 6.07 Å². The van der Waals surface area contributed by atoms with Crippen molar-refractivity contribution in [3.05, 3.63) is 48.6 Å². The van der Waals surface area contributed by atoms with Crippen LogP contribution in [0.1, 0.15) is 5.89 Å². The Morgan fingerprint density at radius 1 is 1.00 bits per heavy atom. The highest BCUT2D eigenvalue weighted by Crippen LogP contribution is 2.20. The Balaban J connectivity index is 2.05. The SMILES string of the molecule is Cc1nc(-c2cc(-c3ccccc3)ncn2)no1. The molecule has 0 saturated heterocycles. The van der Waals surface area contributed by atoms with Crippen molar-refractivity contribution in [1.29, 1.82) is 0 Å². The standard InChI is InChI=1S/C13H10N4O/c1-9-16-13(17-18-9)12-7-11(14-8-15-12)10-5-3-2-4-6-10/h2-8H,1H3. The van der Waals surface area contributed by atoms with Crippen LogP contribution in [0.25, 0.3) is 22.8 Å². The third kappa shape index (κ3) is 1.98. The van der Waals surface area contributed by atoms with Crippen LogP contribution in [-0.2, 0) is 0 Å². The maximum absolute atomic E-state index is 4.94. The van der Waals surface area contributed by atoms with Crippen LogP contribution in [0.4, 0.5) is 0 Å². The number of hydrogen-bond acceptors (Lipinski definition) is 5. The number of aromatic nitrogens is 4. The smallest absolute Gasteiger partial charge is 0.223 e. The van der Waals surface area contributed by atoms with Gasteiger partial charge in [-0.2, -0.15) is 4.98 Å². The molecule has 2 aromatic heterocycles. The van der Waals surface area contributed by atoms with Crippen molar-refractivity contribution in [3.8, 4) is 22.8 Å². The zero-order valence-corrected chi connectivity index (χ0v) is 9.74. The lowest BCUT2D eigenvalue weighted by atomic mass is 10.1. The predicted molar refractivity (Wildman–Crippen MR) is 65.5 cm³/mol. The summed E-state index contributed by atoms with van der Waals surface area (Å²) < 4.78 is 4.94. The van der Waals surface area contributed by atoms with E-state index in [2.05, 4.69) is 20.1 Å². The van der Waals surface area contributed by atoms with Crippen molar-refractivity contribution in [2.45, 2.75) is 6.92 Å². The average molecular weight is 238 g/mol. The zero-order valence-electron chi connectivity index (χ0n) is 9.74. The minimum absolute atomic E-state index is 0.479.